The van der Waals surface area contributed by atoms with E-state index in [1.807, 2.05) is 24.3 Å². The number of hydrogen-bond acceptors (Lipinski definition) is 7. The van der Waals surface area contributed by atoms with Crippen LogP contribution in [0.15, 0.2) is 35.2 Å². The van der Waals surface area contributed by atoms with Gasteiger partial charge in [-0.05, 0) is 65.6 Å². The Bertz CT molecular complexity index is 1410. The van der Waals surface area contributed by atoms with Crippen molar-refractivity contribution in [3.63, 3.8) is 0 Å². The lowest BCUT2D eigenvalue weighted by Crippen LogP contribution is -2.39. The van der Waals surface area contributed by atoms with E-state index in [9.17, 15) is 16.8 Å². The van der Waals surface area contributed by atoms with Crippen LogP contribution in [0.5, 0.6) is 5.75 Å². The van der Waals surface area contributed by atoms with Crippen molar-refractivity contribution in [3.05, 3.63) is 58.1 Å². The third kappa shape index (κ3) is 4.96. The summed E-state index contributed by atoms with van der Waals surface area (Å²) in [6.45, 7) is 3.45. The molecule has 2 aromatic carbocycles. The molecule has 0 aromatic heterocycles. The SMILES string of the molecule is CS(=O)(=O)N1CCC(COc2ccc(CN3Cc4ccc(C#N)cc4C3)c3c2S(=O)(=O)CC3)CC1. The lowest BCUT2D eigenvalue weighted by molar-refractivity contribution is 0.182. The van der Waals surface area contributed by atoms with Crippen LogP contribution in [0.3, 0.4) is 0 Å². The van der Waals surface area contributed by atoms with Gasteiger partial charge in [0.25, 0.3) is 0 Å². The Morgan fingerprint density at radius 3 is 2.57 bits per heavy atom. The van der Waals surface area contributed by atoms with Crippen LogP contribution in [0, 0.1) is 17.2 Å². The molecule has 0 radical (unpaired) electrons. The number of sulfone groups is 1. The average molecular weight is 516 g/mol. The van der Waals surface area contributed by atoms with Gasteiger partial charge in [0.15, 0.2) is 9.84 Å². The summed E-state index contributed by atoms with van der Waals surface area (Å²) < 4.78 is 56.8. The van der Waals surface area contributed by atoms with E-state index in [0.717, 1.165) is 29.8 Å². The fourth-order valence-corrected chi connectivity index (χ4v) is 7.96. The standard InChI is InChI=1S/C25H29N3O5S2/c1-34(29,30)28-9-6-18(7-10-28)17-33-24-5-4-21(23-8-11-35(31,32)25(23)24)15-27-14-20-3-2-19(13-26)12-22(20)16-27/h2-5,12,18H,6-11,14-17H2,1H3. The predicted molar refractivity (Wildman–Crippen MR) is 131 cm³/mol. The van der Waals surface area contributed by atoms with E-state index in [4.69, 9.17) is 10.00 Å². The van der Waals surface area contributed by atoms with Crippen LogP contribution in [0.25, 0.3) is 0 Å². The molecule has 3 heterocycles. The number of ether oxygens (including phenoxy) is 1. The molecule has 0 saturated carbocycles. The number of rotatable bonds is 6. The molecule has 10 heteroatoms. The van der Waals surface area contributed by atoms with E-state index in [1.165, 1.54) is 16.1 Å². The molecule has 8 nitrogen and oxygen atoms in total. The van der Waals surface area contributed by atoms with Crippen molar-refractivity contribution in [1.29, 1.82) is 5.26 Å². The van der Waals surface area contributed by atoms with Gasteiger partial charge in [-0.2, -0.15) is 5.26 Å². The molecule has 0 unspecified atom stereocenters. The molecule has 0 bridgehead atoms. The largest absolute Gasteiger partial charge is 0.492 e. The Hall–Kier alpha value is -2.45. The van der Waals surface area contributed by atoms with Gasteiger partial charge < -0.3 is 4.74 Å². The lowest BCUT2D eigenvalue weighted by atomic mass is 9.99. The predicted octanol–water partition coefficient (Wildman–Crippen LogP) is 2.45. The highest BCUT2D eigenvalue weighted by Gasteiger charge is 2.34. The summed E-state index contributed by atoms with van der Waals surface area (Å²) in [6, 6.07) is 11.7. The van der Waals surface area contributed by atoms with Crippen LogP contribution in [-0.4, -0.2) is 57.7 Å². The highest BCUT2D eigenvalue weighted by atomic mass is 32.2. The molecule has 3 aliphatic heterocycles. The number of benzene rings is 2. The number of hydrogen-bond donors (Lipinski definition) is 0. The minimum absolute atomic E-state index is 0.0915. The van der Waals surface area contributed by atoms with Crippen LogP contribution >= 0.6 is 0 Å². The molecule has 0 aliphatic carbocycles. The van der Waals surface area contributed by atoms with Crippen molar-refractivity contribution in [3.8, 4) is 11.8 Å². The number of sulfonamides is 1. The van der Waals surface area contributed by atoms with E-state index >= 15 is 0 Å². The van der Waals surface area contributed by atoms with E-state index in [0.29, 0.717) is 61.7 Å². The van der Waals surface area contributed by atoms with Crippen LogP contribution in [0.2, 0.25) is 0 Å². The summed E-state index contributed by atoms with van der Waals surface area (Å²) in [5.41, 5.74) is 4.86. The Kier molecular flexibility index (Phi) is 6.38. The summed E-state index contributed by atoms with van der Waals surface area (Å²) in [6.07, 6.45) is 3.10. The first-order valence-electron chi connectivity index (χ1n) is 11.8. The van der Waals surface area contributed by atoms with Gasteiger partial charge in [-0.1, -0.05) is 12.1 Å². The minimum Gasteiger partial charge on any atom is -0.492 e. The van der Waals surface area contributed by atoms with Gasteiger partial charge in [0.2, 0.25) is 10.0 Å². The first-order valence-corrected chi connectivity index (χ1v) is 15.3. The monoisotopic (exact) mass is 515 g/mol. The summed E-state index contributed by atoms with van der Waals surface area (Å²) in [4.78, 5) is 2.59. The second kappa shape index (κ2) is 9.21. The van der Waals surface area contributed by atoms with Gasteiger partial charge in [-0.15, -0.1) is 0 Å². The zero-order chi connectivity index (χ0) is 24.8. The van der Waals surface area contributed by atoms with Crippen molar-refractivity contribution in [2.45, 2.75) is 43.8 Å². The Labute approximate surface area is 207 Å². The summed E-state index contributed by atoms with van der Waals surface area (Å²) in [5, 5.41) is 9.16. The maximum atomic E-state index is 12.9. The van der Waals surface area contributed by atoms with Gasteiger partial charge in [-0.25, -0.2) is 21.1 Å². The van der Waals surface area contributed by atoms with Crippen LogP contribution in [-0.2, 0) is 45.9 Å². The van der Waals surface area contributed by atoms with Crippen LogP contribution in [0.1, 0.15) is 40.7 Å². The molecular formula is C25H29N3O5S2. The topological polar surface area (TPSA) is 108 Å². The fourth-order valence-electron chi connectivity index (χ4n) is 5.36. The molecule has 2 aromatic rings. The molecule has 1 fully saturated rings. The minimum atomic E-state index is -3.40. The molecule has 0 N–H and O–H groups in total. The molecule has 0 amide bonds. The smallest absolute Gasteiger partial charge is 0.211 e. The van der Waals surface area contributed by atoms with E-state index in [-0.39, 0.29) is 11.7 Å². The fraction of sp³-hybridized carbons (Fsp3) is 0.480. The quantitative estimate of drug-likeness (QED) is 0.582. The van der Waals surface area contributed by atoms with Crippen LogP contribution in [0.4, 0.5) is 0 Å². The van der Waals surface area contributed by atoms with E-state index in [2.05, 4.69) is 11.0 Å². The Balaban J connectivity index is 1.29. The molecular weight excluding hydrogens is 486 g/mol. The third-order valence-corrected chi connectivity index (χ3v) is 10.4. The molecule has 1 saturated heterocycles. The van der Waals surface area contributed by atoms with E-state index < -0.39 is 19.9 Å². The first kappa shape index (κ1) is 24.3. The maximum Gasteiger partial charge on any atom is 0.211 e. The molecule has 5 rings (SSSR count). The number of nitrogens with zero attached hydrogens (tertiary/aromatic N) is 3. The van der Waals surface area contributed by atoms with Gasteiger partial charge in [-0.3, -0.25) is 4.90 Å². The molecule has 186 valence electrons. The third-order valence-electron chi connectivity index (χ3n) is 7.29. The first-order chi connectivity index (χ1) is 16.6. The van der Waals surface area contributed by atoms with E-state index in [1.54, 1.807) is 6.07 Å². The Morgan fingerprint density at radius 2 is 1.86 bits per heavy atom. The Morgan fingerprint density at radius 1 is 1.11 bits per heavy atom. The summed E-state index contributed by atoms with van der Waals surface area (Å²) >= 11 is 0. The zero-order valence-corrected chi connectivity index (χ0v) is 21.4. The van der Waals surface area contributed by atoms with Crippen LogP contribution < -0.4 is 4.74 Å². The maximum absolute atomic E-state index is 12.9. The zero-order valence-electron chi connectivity index (χ0n) is 19.7. The summed E-state index contributed by atoms with van der Waals surface area (Å²) in [5.74, 6) is 0.692. The van der Waals surface area contributed by atoms with Crippen molar-refractivity contribution in [2.75, 3.05) is 31.7 Å². The molecule has 0 spiro atoms. The lowest BCUT2D eigenvalue weighted by Gasteiger charge is -2.30. The highest BCUT2D eigenvalue weighted by molar-refractivity contribution is 7.91. The van der Waals surface area contributed by atoms with Crippen molar-refractivity contribution < 1.29 is 21.6 Å². The van der Waals surface area contributed by atoms with Gasteiger partial charge >= 0.3 is 0 Å². The highest BCUT2D eigenvalue weighted by Crippen LogP contribution is 2.38. The molecule has 35 heavy (non-hydrogen) atoms. The second-order valence-corrected chi connectivity index (χ2v) is 13.8. The number of nitriles is 1. The summed E-state index contributed by atoms with van der Waals surface area (Å²) in [7, 11) is -6.58. The second-order valence-electron chi connectivity index (χ2n) is 9.76. The average Bonchev–Trinajstić information content (AvgIpc) is 3.37. The molecule has 0 atom stereocenters. The number of piperidine rings is 1. The number of fused-ring (bicyclic) bond motifs is 2. The van der Waals surface area contributed by atoms with Gasteiger partial charge in [0, 0.05) is 32.7 Å². The molecule has 3 aliphatic rings. The van der Waals surface area contributed by atoms with Gasteiger partial charge in [0.1, 0.15) is 10.6 Å². The van der Waals surface area contributed by atoms with Crippen molar-refractivity contribution >= 4 is 19.9 Å². The normalized spacial score (nSPS) is 20.3. The van der Waals surface area contributed by atoms with Crippen molar-refractivity contribution in [2.24, 2.45) is 5.92 Å². The van der Waals surface area contributed by atoms with Crippen molar-refractivity contribution in [1.82, 2.24) is 9.21 Å². The van der Waals surface area contributed by atoms with Gasteiger partial charge in [0.05, 0.1) is 30.2 Å².